The second-order valence-electron chi connectivity index (χ2n) is 7.52. The van der Waals surface area contributed by atoms with Crippen molar-refractivity contribution in [3.63, 3.8) is 0 Å². The van der Waals surface area contributed by atoms with Gasteiger partial charge in [-0.25, -0.2) is 0 Å². The van der Waals surface area contributed by atoms with E-state index < -0.39 is 36.0 Å². The molecule has 1 N–H and O–H groups in total. The largest absolute Gasteiger partial charge is 0.493 e. The van der Waals surface area contributed by atoms with Crippen molar-refractivity contribution in [1.29, 1.82) is 0 Å². The maximum atomic E-state index is 12.7. The van der Waals surface area contributed by atoms with Crippen molar-refractivity contribution in [2.24, 2.45) is 11.8 Å². The number of hydrogen-bond acceptors (Lipinski definition) is 9. The second-order valence-corrected chi connectivity index (χ2v) is 7.52. The number of cyclic esters (lactones) is 1. The average molecular weight is 444 g/mol. The summed E-state index contributed by atoms with van der Waals surface area (Å²) in [6.45, 7) is 1.32. The number of carbonyl (C=O) groups excluding carboxylic acids is 2. The quantitative estimate of drug-likeness (QED) is 0.644. The van der Waals surface area contributed by atoms with Gasteiger partial charge < -0.3 is 33.5 Å². The van der Waals surface area contributed by atoms with E-state index in [9.17, 15) is 14.7 Å². The highest BCUT2D eigenvalue weighted by Crippen LogP contribution is 2.45. The Morgan fingerprint density at radius 2 is 1.72 bits per heavy atom. The number of aliphatic hydroxyl groups excluding tert-OH is 1. The van der Waals surface area contributed by atoms with Gasteiger partial charge in [0, 0.05) is 12.8 Å². The van der Waals surface area contributed by atoms with Gasteiger partial charge in [-0.3, -0.25) is 9.59 Å². The van der Waals surface area contributed by atoms with E-state index in [4.69, 9.17) is 28.4 Å². The molecule has 4 rings (SSSR count). The number of esters is 2. The molecule has 2 aromatic rings. The zero-order valence-corrected chi connectivity index (χ0v) is 17.9. The zero-order chi connectivity index (χ0) is 22.8. The zero-order valence-electron chi connectivity index (χ0n) is 17.9. The van der Waals surface area contributed by atoms with Crippen LogP contribution in [-0.4, -0.2) is 44.7 Å². The van der Waals surface area contributed by atoms with Crippen molar-refractivity contribution in [2.75, 3.05) is 27.6 Å². The van der Waals surface area contributed by atoms with Gasteiger partial charge >= 0.3 is 11.9 Å². The predicted molar refractivity (Wildman–Crippen MR) is 110 cm³/mol. The Labute approximate surface area is 184 Å². The molecule has 2 heterocycles. The van der Waals surface area contributed by atoms with Gasteiger partial charge in [-0.15, -0.1) is 0 Å². The molecule has 0 amide bonds. The Balaban J connectivity index is 1.68. The minimum atomic E-state index is -1.08. The first kappa shape index (κ1) is 21.8. The number of benzene rings is 2. The van der Waals surface area contributed by atoms with Gasteiger partial charge in [0.05, 0.1) is 26.9 Å². The summed E-state index contributed by atoms with van der Waals surface area (Å²) in [6.07, 6.45) is -2.06. The number of fused-ring (bicyclic) bond motifs is 1. The molecule has 0 aliphatic carbocycles. The van der Waals surface area contributed by atoms with Crippen molar-refractivity contribution in [1.82, 2.24) is 0 Å². The molecule has 32 heavy (non-hydrogen) atoms. The Bertz CT molecular complexity index is 1020. The van der Waals surface area contributed by atoms with Crippen LogP contribution in [0.1, 0.15) is 30.3 Å². The third-order valence-corrected chi connectivity index (χ3v) is 5.65. The van der Waals surface area contributed by atoms with Gasteiger partial charge in [0.2, 0.25) is 6.79 Å². The highest BCUT2D eigenvalue weighted by molar-refractivity contribution is 5.77. The van der Waals surface area contributed by atoms with Crippen LogP contribution in [0, 0.1) is 11.8 Å². The molecule has 0 unspecified atom stereocenters. The molecule has 9 heteroatoms. The summed E-state index contributed by atoms with van der Waals surface area (Å²) in [5, 5.41) is 11.2. The third kappa shape index (κ3) is 4.03. The maximum absolute atomic E-state index is 12.7. The van der Waals surface area contributed by atoms with E-state index >= 15 is 0 Å². The molecular formula is C23H24O9. The fourth-order valence-corrected chi connectivity index (χ4v) is 4.09. The fourth-order valence-electron chi connectivity index (χ4n) is 4.09. The Morgan fingerprint density at radius 1 is 1.00 bits per heavy atom. The van der Waals surface area contributed by atoms with Crippen molar-refractivity contribution in [3.05, 3.63) is 47.5 Å². The summed E-state index contributed by atoms with van der Waals surface area (Å²) in [7, 11) is 3.01. The van der Waals surface area contributed by atoms with E-state index in [-0.39, 0.29) is 13.4 Å². The van der Waals surface area contributed by atoms with Crippen LogP contribution in [0.25, 0.3) is 0 Å². The normalized spacial score (nSPS) is 20.9. The lowest BCUT2D eigenvalue weighted by Gasteiger charge is -2.28. The lowest BCUT2D eigenvalue weighted by molar-refractivity contribution is -0.156. The first-order valence-electron chi connectivity index (χ1n) is 10.1. The summed E-state index contributed by atoms with van der Waals surface area (Å²) >= 11 is 0. The molecule has 0 saturated carbocycles. The van der Waals surface area contributed by atoms with E-state index in [0.717, 1.165) is 0 Å². The molecule has 1 fully saturated rings. The molecule has 1 saturated heterocycles. The number of methoxy groups -OCH3 is 2. The second kappa shape index (κ2) is 8.96. The van der Waals surface area contributed by atoms with Crippen LogP contribution in [-0.2, 0) is 19.1 Å². The molecule has 0 radical (unpaired) electrons. The standard InChI is InChI=1S/C23H24O9/c1-12(24)32-22(14-5-7-17-19(9-14)31-11-30-17)20-15(10-29-23(20)26)21(25)13-4-6-16(27-2)18(8-13)28-3/h4-9,15,20-22,25H,10-11H2,1-3H3/t15-,20-,21+,22+/m0/s1. The van der Waals surface area contributed by atoms with E-state index in [1.54, 1.807) is 36.4 Å². The van der Waals surface area contributed by atoms with Crippen LogP contribution in [0.2, 0.25) is 0 Å². The lowest BCUT2D eigenvalue weighted by Crippen LogP contribution is -2.30. The van der Waals surface area contributed by atoms with Crippen LogP contribution in [0.5, 0.6) is 23.0 Å². The third-order valence-electron chi connectivity index (χ3n) is 5.65. The molecule has 0 spiro atoms. The van der Waals surface area contributed by atoms with Crippen LogP contribution < -0.4 is 18.9 Å². The van der Waals surface area contributed by atoms with E-state index in [0.29, 0.717) is 34.1 Å². The Morgan fingerprint density at radius 3 is 2.44 bits per heavy atom. The molecule has 0 aromatic heterocycles. The van der Waals surface area contributed by atoms with Crippen molar-refractivity contribution in [2.45, 2.75) is 19.1 Å². The monoisotopic (exact) mass is 444 g/mol. The molecule has 2 aromatic carbocycles. The summed E-state index contributed by atoms with van der Waals surface area (Å²) in [5.74, 6) is -0.716. The van der Waals surface area contributed by atoms with Gasteiger partial charge in [-0.2, -0.15) is 0 Å². The van der Waals surface area contributed by atoms with E-state index in [2.05, 4.69) is 0 Å². The number of hydrogen-bond donors (Lipinski definition) is 1. The molecular weight excluding hydrogens is 420 g/mol. The smallest absolute Gasteiger partial charge is 0.313 e. The average Bonchev–Trinajstić information content (AvgIpc) is 3.42. The number of rotatable bonds is 7. The van der Waals surface area contributed by atoms with Gasteiger partial charge in [0.1, 0.15) is 12.0 Å². The number of aliphatic hydroxyl groups is 1. The topological polar surface area (TPSA) is 110 Å². The van der Waals surface area contributed by atoms with Gasteiger partial charge in [0.15, 0.2) is 23.0 Å². The number of carbonyl (C=O) groups is 2. The van der Waals surface area contributed by atoms with Gasteiger partial charge in [-0.05, 0) is 35.4 Å². The number of ether oxygens (including phenoxy) is 6. The molecule has 2 aliphatic rings. The van der Waals surface area contributed by atoms with Crippen molar-refractivity contribution >= 4 is 11.9 Å². The lowest BCUT2D eigenvalue weighted by atomic mass is 9.81. The summed E-state index contributed by atoms with van der Waals surface area (Å²) in [6, 6.07) is 10.1. The van der Waals surface area contributed by atoms with Crippen LogP contribution in [0.3, 0.4) is 0 Å². The van der Waals surface area contributed by atoms with E-state index in [1.807, 2.05) is 0 Å². The first-order valence-corrected chi connectivity index (χ1v) is 10.1. The predicted octanol–water partition coefficient (Wildman–Crippen LogP) is 2.56. The minimum Gasteiger partial charge on any atom is -0.493 e. The minimum absolute atomic E-state index is 0.0265. The fraction of sp³-hybridized carbons (Fsp3) is 0.391. The van der Waals surface area contributed by atoms with E-state index in [1.165, 1.54) is 21.1 Å². The highest BCUT2D eigenvalue weighted by atomic mass is 16.7. The highest BCUT2D eigenvalue weighted by Gasteiger charge is 2.48. The molecule has 2 aliphatic heterocycles. The maximum Gasteiger partial charge on any atom is 0.313 e. The Kier molecular flexibility index (Phi) is 6.09. The van der Waals surface area contributed by atoms with Crippen LogP contribution in [0.4, 0.5) is 0 Å². The van der Waals surface area contributed by atoms with Crippen LogP contribution >= 0.6 is 0 Å². The summed E-state index contributed by atoms with van der Waals surface area (Å²) < 4.78 is 32.2. The Hall–Kier alpha value is -3.46. The SMILES string of the molecule is COc1ccc([C@@H](O)[C@H]2COC(=O)[C@@H]2[C@H](OC(C)=O)c2ccc3c(c2)OCO3)cc1OC. The van der Waals surface area contributed by atoms with Gasteiger partial charge in [0.25, 0.3) is 0 Å². The van der Waals surface area contributed by atoms with Crippen molar-refractivity contribution in [3.8, 4) is 23.0 Å². The van der Waals surface area contributed by atoms with Crippen LogP contribution in [0.15, 0.2) is 36.4 Å². The molecule has 170 valence electrons. The molecule has 4 atom stereocenters. The molecule has 0 bridgehead atoms. The first-order chi connectivity index (χ1) is 15.4. The summed E-state index contributed by atoms with van der Waals surface area (Å²) in [5.41, 5.74) is 1.06. The van der Waals surface area contributed by atoms with Gasteiger partial charge in [-0.1, -0.05) is 12.1 Å². The summed E-state index contributed by atoms with van der Waals surface area (Å²) in [4.78, 5) is 24.7. The van der Waals surface area contributed by atoms with Crippen molar-refractivity contribution < 1.29 is 43.1 Å². The molecule has 9 nitrogen and oxygen atoms in total.